The molecule has 0 unspecified atom stereocenters. The van der Waals surface area contributed by atoms with Crippen molar-refractivity contribution in [1.82, 2.24) is 4.90 Å². The second kappa shape index (κ2) is 6.31. The summed E-state index contributed by atoms with van der Waals surface area (Å²) in [4.78, 5) is 2.32. The van der Waals surface area contributed by atoms with Crippen LogP contribution in [0.4, 0.5) is 0 Å². The van der Waals surface area contributed by atoms with E-state index in [0.717, 1.165) is 18.8 Å². The molecular weight excluding hydrogens is 214 g/mol. The fourth-order valence-electron chi connectivity index (χ4n) is 1.76. The van der Waals surface area contributed by atoms with Gasteiger partial charge in [0.05, 0.1) is 0 Å². The first kappa shape index (κ1) is 13.6. The largest absolute Gasteiger partial charge is 0.301 e. The van der Waals surface area contributed by atoms with Gasteiger partial charge in [0.1, 0.15) is 0 Å². The third kappa shape index (κ3) is 3.84. The summed E-state index contributed by atoms with van der Waals surface area (Å²) in [5.74, 6) is 1.52. The Morgan fingerprint density at radius 3 is 2.56 bits per heavy atom. The lowest BCUT2D eigenvalue weighted by Crippen LogP contribution is -2.20. The van der Waals surface area contributed by atoms with Crippen LogP contribution in [0.2, 0.25) is 0 Å². The summed E-state index contributed by atoms with van der Waals surface area (Å²) in [5.41, 5.74) is 4.26. The van der Waals surface area contributed by atoms with Crippen molar-refractivity contribution in [3.63, 3.8) is 0 Å². The van der Waals surface area contributed by atoms with Crippen LogP contribution in [0.15, 0.2) is 18.2 Å². The molecule has 0 radical (unpaired) electrons. The van der Waals surface area contributed by atoms with Gasteiger partial charge in [-0.05, 0) is 36.6 Å². The van der Waals surface area contributed by atoms with Crippen molar-refractivity contribution in [2.75, 3.05) is 19.3 Å². The summed E-state index contributed by atoms with van der Waals surface area (Å²) >= 11 is 4.26. The Morgan fingerprint density at radius 1 is 1.31 bits per heavy atom. The molecule has 1 rings (SSSR count). The molecular formula is C14H23NS. The van der Waals surface area contributed by atoms with Crippen molar-refractivity contribution in [2.24, 2.45) is 0 Å². The molecule has 16 heavy (non-hydrogen) atoms. The van der Waals surface area contributed by atoms with Crippen LogP contribution in [-0.4, -0.2) is 24.2 Å². The number of aryl methyl sites for hydroxylation is 1. The van der Waals surface area contributed by atoms with Gasteiger partial charge in [0.2, 0.25) is 0 Å². The minimum absolute atomic E-state index is 0.606. The van der Waals surface area contributed by atoms with Gasteiger partial charge in [0, 0.05) is 18.8 Å². The fourth-order valence-corrected chi connectivity index (χ4v) is 2.10. The van der Waals surface area contributed by atoms with E-state index in [4.69, 9.17) is 0 Å². The Kier molecular flexibility index (Phi) is 5.36. The fraction of sp³-hybridized carbons (Fsp3) is 0.571. The third-order valence-corrected chi connectivity index (χ3v) is 3.16. The molecule has 0 N–H and O–H groups in total. The van der Waals surface area contributed by atoms with E-state index in [-0.39, 0.29) is 0 Å². The summed E-state index contributed by atoms with van der Waals surface area (Å²) in [6.07, 6.45) is 0. The standard InChI is InChI=1S/C14H23NS/c1-11(2)13-6-5-12(3)14(9-13)10-15(4)7-8-16/h5-6,9,11,16H,7-8,10H2,1-4H3. The second-order valence-corrected chi connectivity index (χ2v) is 5.25. The molecule has 0 spiro atoms. The zero-order chi connectivity index (χ0) is 12.1. The molecule has 0 bridgehead atoms. The van der Waals surface area contributed by atoms with Crippen LogP contribution in [0.25, 0.3) is 0 Å². The Hall–Kier alpha value is -0.470. The van der Waals surface area contributed by atoms with Gasteiger partial charge < -0.3 is 4.90 Å². The number of hydrogen-bond donors (Lipinski definition) is 1. The third-order valence-electron chi connectivity index (χ3n) is 2.96. The number of thiol groups is 1. The van der Waals surface area contributed by atoms with Crippen LogP contribution in [0.1, 0.15) is 36.5 Å². The van der Waals surface area contributed by atoms with Crippen molar-refractivity contribution >= 4 is 12.6 Å². The Balaban J connectivity index is 2.81. The number of rotatable bonds is 5. The average Bonchev–Trinajstić information content (AvgIpc) is 2.21. The zero-order valence-corrected chi connectivity index (χ0v) is 11.7. The Bertz CT molecular complexity index is 334. The second-order valence-electron chi connectivity index (χ2n) is 4.80. The highest BCUT2D eigenvalue weighted by Crippen LogP contribution is 2.19. The highest BCUT2D eigenvalue weighted by atomic mass is 32.1. The Labute approximate surface area is 105 Å². The molecule has 1 aromatic rings. The van der Waals surface area contributed by atoms with Gasteiger partial charge in [-0.1, -0.05) is 32.0 Å². The van der Waals surface area contributed by atoms with Gasteiger partial charge in [-0.3, -0.25) is 0 Å². The highest BCUT2D eigenvalue weighted by Gasteiger charge is 2.06. The van der Waals surface area contributed by atoms with E-state index in [2.05, 4.69) is 63.5 Å². The van der Waals surface area contributed by atoms with Crippen LogP contribution in [0.5, 0.6) is 0 Å². The molecule has 0 heterocycles. The van der Waals surface area contributed by atoms with Crippen molar-refractivity contribution < 1.29 is 0 Å². The monoisotopic (exact) mass is 237 g/mol. The first-order valence-electron chi connectivity index (χ1n) is 5.93. The van der Waals surface area contributed by atoms with Gasteiger partial charge in [0.25, 0.3) is 0 Å². The summed E-state index contributed by atoms with van der Waals surface area (Å²) < 4.78 is 0. The van der Waals surface area contributed by atoms with E-state index in [9.17, 15) is 0 Å². The highest BCUT2D eigenvalue weighted by molar-refractivity contribution is 7.80. The molecule has 0 atom stereocenters. The normalized spacial score (nSPS) is 11.4. The maximum Gasteiger partial charge on any atom is 0.0233 e. The quantitative estimate of drug-likeness (QED) is 0.767. The summed E-state index contributed by atoms with van der Waals surface area (Å²) in [6.45, 7) is 8.73. The molecule has 0 aliphatic rings. The van der Waals surface area contributed by atoms with E-state index in [1.54, 1.807) is 0 Å². The van der Waals surface area contributed by atoms with Gasteiger partial charge in [0.15, 0.2) is 0 Å². The molecule has 0 fully saturated rings. The Morgan fingerprint density at radius 2 is 2.00 bits per heavy atom. The van der Waals surface area contributed by atoms with Crippen molar-refractivity contribution in [3.05, 3.63) is 34.9 Å². The molecule has 2 heteroatoms. The SMILES string of the molecule is Cc1ccc(C(C)C)cc1CN(C)CCS. The number of benzene rings is 1. The lowest BCUT2D eigenvalue weighted by atomic mass is 9.97. The van der Waals surface area contributed by atoms with Crippen LogP contribution < -0.4 is 0 Å². The smallest absolute Gasteiger partial charge is 0.0233 e. The molecule has 0 saturated carbocycles. The van der Waals surface area contributed by atoms with E-state index >= 15 is 0 Å². The van der Waals surface area contributed by atoms with Gasteiger partial charge >= 0.3 is 0 Å². The predicted octanol–water partition coefficient (Wildman–Crippen LogP) is 3.48. The molecule has 90 valence electrons. The minimum Gasteiger partial charge on any atom is -0.301 e. The first-order chi connectivity index (χ1) is 7.54. The molecule has 0 saturated heterocycles. The van der Waals surface area contributed by atoms with Crippen LogP contribution in [-0.2, 0) is 6.54 Å². The van der Waals surface area contributed by atoms with Crippen molar-refractivity contribution in [2.45, 2.75) is 33.2 Å². The molecule has 0 aliphatic heterocycles. The van der Waals surface area contributed by atoms with E-state index in [1.807, 2.05) is 0 Å². The van der Waals surface area contributed by atoms with E-state index in [1.165, 1.54) is 16.7 Å². The van der Waals surface area contributed by atoms with E-state index in [0.29, 0.717) is 5.92 Å². The number of nitrogens with zero attached hydrogens (tertiary/aromatic N) is 1. The molecule has 1 nitrogen and oxygen atoms in total. The van der Waals surface area contributed by atoms with Crippen LogP contribution in [0.3, 0.4) is 0 Å². The van der Waals surface area contributed by atoms with Gasteiger partial charge in [-0.25, -0.2) is 0 Å². The lowest BCUT2D eigenvalue weighted by Gasteiger charge is -2.18. The molecule has 0 amide bonds. The lowest BCUT2D eigenvalue weighted by molar-refractivity contribution is 0.348. The number of hydrogen-bond acceptors (Lipinski definition) is 2. The molecule has 1 aromatic carbocycles. The van der Waals surface area contributed by atoms with E-state index < -0.39 is 0 Å². The van der Waals surface area contributed by atoms with Crippen molar-refractivity contribution in [3.8, 4) is 0 Å². The minimum atomic E-state index is 0.606. The van der Waals surface area contributed by atoms with Crippen LogP contribution in [0, 0.1) is 6.92 Å². The summed E-state index contributed by atoms with van der Waals surface area (Å²) in [6, 6.07) is 6.82. The van der Waals surface area contributed by atoms with Crippen LogP contribution >= 0.6 is 12.6 Å². The topological polar surface area (TPSA) is 3.24 Å². The summed E-state index contributed by atoms with van der Waals surface area (Å²) in [5, 5.41) is 0. The molecule has 0 aromatic heterocycles. The van der Waals surface area contributed by atoms with Gasteiger partial charge in [-0.2, -0.15) is 12.6 Å². The maximum absolute atomic E-state index is 4.26. The maximum atomic E-state index is 4.26. The predicted molar refractivity (Wildman–Crippen MR) is 75.5 cm³/mol. The zero-order valence-electron chi connectivity index (χ0n) is 10.8. The average molecular weight is 237 g/mol. The van der Waals surface area contributed by atoms with Crippen molar-refractivity contribution in [1.29, 1.82) is 0 Å². The first-order valence-corrected chi connectivity index (χ1v) is 6.56. The molecule has 0 aliphatic carbocycles. The summed E-state index contributed by atoms with van der Waals surface area (Å²) in [7, 11) is 2.15. The van der Waals surface area contributed by atoms with Gasteiger partial charge in [-0.15, -0.1) is 0 Å².